The lowest BCUT2D eigenvalue weighted by atomic mass is 9.88. The maximum absolute atomic E-state index is 15.2. The minimum atomic E-state index is -1.21. The van der Waals surface area contributed by atoms with Gasteiger partial charge in [-0.15, -0.1) is 6.58 Å². The number of likely N-dealkylation sites (N-methyl/N-ethyl adjacent to an activating group) is 1. The minimum Gasteiger partial charge on any atom is -0.384 e. The van der Waals surface area contributed by atoms with Gasteiger partial charge in [-0.25, -0.2) is 28.1 Å². The van der Waals surface area contributed by atoms with Gasteiger partial charge in [0.05, 0.1) is 12.2 Å². The lowest BCUT2D eigenvalue weighted by molar-refractivity contribution is 0.0259. The van der Waals surface area contributed by atoms with Crippen LogP contribution in [0.4, 0.5) is 26.1 Å². The molecule has 0 aliphatic carbocycles. The number of fused-ring (bicyclic) bond motifs is 3. The normalized spacial score (nSPS) is 19.1. The van der Waals surface area contributed by atoms with Crippen LogP contribution in [0.2, 0.25) is 0 Å². The summed E-state index contributed by atoms with van der Waals surface area (Å²) in [5.74, 6) is -0.948. The van der Waals surface area contributed by atoms with Gasteiger partial charge in [0.1, 0.15) is 16.7 Å². The maximum atomic E-state index is 15.2. The first-order valence-corrected chi connectivity index (χ1v) is 13.1. The Morgan fingerprint density at radius 3 is 2.50 bits per heavy atom. The molecule has 0 saturated carbocycles. The third-order valence-corrected chi connectivity index (χ3v) is 7.70. The number of rotatable bonds is 7. The summed E-state index contributed by atoms with van der Waals surface area (Å²) in [5.41, 5.74) is -0.824. The number of hydrogen-bond donors (Lipinski definition) is 2. The molecule has 0 spiro atoms. The number of nitrogens with one attached hydrogen (secondary N) is 1. The highest BCUT2D eigenvalue weighted by Gasteiger charge is 2.43. The van der Waals surface area contributed by atoms with Crippen LogP contribution in [0.5, 0.6) is 0 Å². The first-order chi connectivity index (χ1) is 19.0. The van der Waals surface area contributed by atoms with Crippen molar-refractivity contribution in [3.8, 4) is 5.82 Å². The number of piperazine rings is 1. The summed E-state index contributed by atoms with van der Waals surface area (Å²) in [6.45, 7) is 8.29. The Balaban J connectivity index is 1.37. The average Bonchev–Trinajstić information content (AvgIpc) is 3.18. The molecule has 7 rings (SSSR count). The molecule has 3 saturated heterocycles. The highest BCUT2D eigenvalue weighted by Crippen LogP contribution is 2.36. The van der Waals surface area contributed by atoms with Crippen molar-refractivity contribution in [2.75, 3.05) is 30.4 Å². The van der Waals surface area contributed by atoms with E-state index in [9.17, 15) is 9.90 Å². The third kappa shape index (κ3) is 4.33. The Hall–Kier alpha value is -4.16. The highest BCUT2D eigenvalue weighted by molar-refractivity contribution is 5.77. The molecule has 208 valence electrons. The first-order valence-electron chi connectivity index (χ1n) is 13.1. The van der Waals surface area contributed by atoms with E-state index in [0.717, 1.165) is 6.42 Å². The molecule has 2 unspecified atom stereocenters. The van der Waals surface area contributed by atoms with Gasteiger partial charge in [0.15, 0.2) is 23.1 Å². The fourth-order valence-corrected chi connectivity index (χ4v) is 5.54. The van der Waals surface area contributed by atoms with Gasteiger partial charge in [0.25, 0.3) is 5.56 Å². The second kappa shape index (κ2) is 9.49. The van der Waals surface area contributed by atoms with Crippen LogP contribution in [0.1, 0.15) is 26.0 Å². The monoisotopic (exact) mass is 548 g/mol. The molecule has 3 aliphatic rings. The van der Waals surface area contributed by atoms with E-state index in [2.05, 4.69) is 31.7 Å². The number of aliphatic hydroxyl groups is 1. The Bertz CT molecular complexity index is 1660. The second-order valence-corrected chi connectivity index (χ2v) is 10.9. The number of aromatic nitrogens is 5. The fourth-order valence-electron chi connectivity index (χ4n) is 5.54. The summed E-state index contributed by atoms with van der Waals surface area (Å²) in [5, 5.41) is 13.6. The molecule has 2 bridgehead atoms. The van der Waals surface area contributed by atoms with Crippen LogP contribution in [-0.2, 0) is 12.1 Å². The average molecular weight is 549 g/mol. The molecule has 3 aromatic heterocycles. The number of halogens is 2. The van der Waals surface area contributed by atoms with Gasteiger partial charge < -0.3 is 15.3 Å². The van der Waals surface area contributed by atoms with Crippen LogP contribution in [0.25, 0.3) is 16.9 Å². The zero-order valence-corrected chi connectivity index (χ0v) is 22.5. The first kappa shape index (κ1) is 26.1. The van der Waals surface area contributed by atoms with Crippen LogP contribution in [0, 0.1) is 11.6 Å². The quantitative estimate of drug-likeness (QED) is 0.339. The number of allylic oxidation sites excluding steroid dienone is 1. The molecule has 3 aliphatic heterocycles. The van der Waals surface area contributed by atoms with Crippen LogP contribution in [-0.4, -0.2) is 66.5 Å². The van der Waals surface area contributed by atoms with E-state index in [0.29, 0.717) is 36.7 Å². The summed E-state index contributed by atoms with van der Waals surface area (Å²) < 4.78 is 33.3. The van der Waals surface area contributed by atoms with E-state index in [1.54, 1.807) is 43.0 Å². The Morgan fingerprint density at radius 1 is 1.18 bits per heavy atom. The molecule has 2 N–H and O–H groups in total. The third-order valence-electron chi connectivity index (χ3n) is 7.70. The minimum absolute atomic E-state index is 0.0298. The van der Waals surface area contributed by atoms with Crippen LogP contribution < -0.4 is 15.8 Å². The van der Waals surface area contributed by atoms with Crippen molar-refractivity contribution in [1.29, 1.82) is 0 Å². The van der Waals surface area contributed by atoms with Crippen LogP contribution in [0.15, 0.2) is 54.0 Å². The number of piperidine rings is 1. The number of pyridine rings is 1. The molecule has 2 atom stereocenters. The molecule has 3 fully saturated rings. The van der Waals surface area contributed by atoms with Crippen molar-refractivity contribution in [3.05, 3.63) is 76.9 Å². The number of hydrogen-bond acceptors (Lipinski definition) is 8. The molecule has 6 heterocycles. The van der Waals surface area contributed by atoms with Gasteiger partial charge in [-0.05, 0) is 51.6 Å². The lowest BCUT2D eigenvalue weighted by Gasteiger charge is -2.55. The van der Waals surface area contributed by atoms with E-state index >= 15 is 8.78 Å². The molecule has 10 nitrogen and oxygen atoms in total. The van der Waals surface area contributed by atoms with E-state index in [1.807, 2.05) is 7.05 Å². The number of nitrogens with zero attached hydrogens (tertiary/aromatic N) is 7. The molecule has 40 heavy (non-hydrogen) atoms. The lowest BCUT2D eigenvalue weighted by Crippen LogP contribution is -2.67. The zero-order chi connectivity index (χ0) is 28.3. The van der Waals surface area contributed by atoms with Crippen molar-refractivity contribution in [2.24, 2.45) is 0 Å². The van der Waals surface area contributed by atoms with E-state index in [4.69, 9.17) is 0 Å². The molecule has 0 radical (unpaired) electrons. The smallest absolute Gasteiger partial charge is 0.278 e. The van der Waals surface area contributed by atoms with Crippen molar-refractivity contribution in [1.82, 2.24) is 29.2 Å². The second-order valence-electron chi connectivity index (χ2n) is 10.9. The fraction of sp³-hybridized carbons (Fsp3) is 0.357. The predicted molar refractivity (Wildman–Crippen MR) is 148 cm³/mol. The molecule has 12 heteroatoms. The SMILES string of the molecule is C=CCn1c(=O)c2cnc(Nc3cc(F)c(N4CC5CC(C4)N5C)c(F)c3)nc2n1-c1cccc(C(C)(C)O)n1. The Kier molecular flexibility index (Phi) is 6.19. The molecular weight excluding hydrogens is 518 g/mol. The number of benzene rings is 1. The maximum Gasteiger partial charge on any atom is 0.278 e. The number of anilines is 3. The summed E-state index contributed by atoms with van der Waals surface area (Å²) in [4.78, 5) is 30.5. The summed E-state index contributed by atoms with van der Waals surface area (Å²) in [7, 11) is 2.04. The molecule has 0 amide bonds. The van der Waals surface area contributed by atoms with Crippen molar-refractivity contribution < 1.29 is 13.9 Å². The topological polar surface area (TPSA) is 104 Å². The van der Waals surface area contributed by atoms with E-state index < -0.39 is 17.2 Å². The van der Waals surface area contributed by atoms with Gasteiger partial charge in [-0.3, -0.25) is 9.69 Å². The van der Waals surface area contributed by atoms with Crippen LogP contribution >= 0.6 is 0 Å². The van der Waals surface area contributed by atoms with Gasteiger partial charge in [-0.2, -0.15) is 4.98 Å². The Labute approximate surface area is 229 Å². The van der Waals surface area contributed by atoms with Crippen LogP contribution in [0.3, 0.4) is 0 Å². The summed E-state index contributed by atoms with van der Waals surface area (Å²) in [6.07, 6.45) is 3.98. The van der Waals surface area contributed by atoms with Crippen molar-refractivity contribution >= 4 is 28.4 Å². The van der Waals surface area contributed by atoms with E-state index in [1.165, 1.54) is 27.7 Å². The van der Waals surface area contributed by atoms with Crippen molar-refractivity contribution in [3.63, 3.8) is 0 Å². The highest BCUT2D eigenvalue weighted by atomic mass is 19.1. The van der Waals surface area contributed by atoms with Crippen molar-refractivity contribution in [2.45, 2.75) is 44.5 Å². The van der Waals surface area contributed by atoms with Gasteiger partial charge in [0, 0.05) is 37.1 Å². The van der Waals surface area contributed by atoms with Gasteiger partial charge >= 0.3 is 0 Å². The summed E-state index contributed by atoms with van der Waals surface area (Å²) >= 11 is 0. The predicted octanol–water partition coefficient (Wildman–Crippen LogP) is 3.31. The van der Waals surface area contributed by atoms with Gasteiger partial charge in [-0.1, -0.05) is 12.1 Å². The molecule has 4 aromatic rings. The zero-order valence-electron chi connectivity index (χ0n) is 22.5. The standard InChI is InChI=1S/C28H30F2N8O2/c1-5-9-37-26(39)19-13-31-27(34-25(19)38(37)23-8-6-7-22(33-23)28(2,3)40)32-16-10-20(29)24(21(30)11-16)36-14-17-12-18(15-36)35(17)4/h5-8,10-11,13,17-18,40H,1,9,12,14-15H2,2-4H3,(H,31,32,34). The Morgan fingerprint density at radius 2 is 1.88 bits per heavy atom. The molecule has 1 aromatic carbocycles. The van der Waals surface area contributed by atoms with E-state index in [-0.39, 0.29) is 40.5 Å². The largest absolute Gasteiger partial charge is 0.384 e. The molecular formula is C28H30F2N8O2. The summed E-state index contributed by atoms with van der Waals surface area (Å²) in [6, 6.07) is 8.15. The van der Waals surface area contributed by atoms with Gasteiger partial charge in [0.2, 0.25) is 5.95 Å².